The van der Waals surface area contributed by atoms with Gasteiger partial charge in [0.15, 0.2) is 0 Å². The molecule has 9 nitrogen and oxygen atoms in total. The predicted octanol–water partition coefficient (Wildman–Crippen LogP) is 3.76. The molecule has 0 aliphatic carbocycles. The molecule has 2 aromatic heterocycles. The first-order chi connectivity index (χ1) is 18.8. The smallest absolute Gasteiger partial charge is 0.262 e. The van der Waals surface area contributed by atoms with Crippen LogP contribution >= 0.6 is 0 Å². The van der Waals surface area contributed by atoms with Crippen LogP contribution in [0.4, 0.5) is 5.69 Å². The van der Waals surface area contributed by atoms with Crippen LogP contribution in [0.15, 0.2) is 47.3 Å². The monoisotopic (exact) mass is 530 g/mol. The van der Waals surface area contributed by atoms with Gasteiger partial charge in [0.05, 0.1) is 17.0 Å². The van der Waals surface area contributed by atoms with Gasteiger partial charge in [-0.1, -0.05) is 24.3 Å². The van der Waals surface area contributed by atoms with Crippen LogP contribution in [0.5, 0.6) is 0 Å². The van der Waals surface area contributed by atoms with Gasteiger partial charge in [-0.15, -0.1) is 10.2 Å². The number of amides is 1. The fourth-order valence-electron chi connectivity index (χ4n) is 5.35. The molecule has 0 spiro atoms. The van der Waals surface area contributed by atoms with Gasteiger partial charge in [0.2, 0.25) is 11.7 Å². The van der Waals surface area contributed by atoms with Crippen LogP contribution in [0, 0.1) is 13.8 Å². The molecular weight excluding hydrogens is 492 g/mol. The van der Waals surface area contributed by atoms with Crippen LogP contribution in [0.2, 0.25) is 0 Å². The van der Waals surface area contributed by atoms with Gasteiger partial charge in [0, 0.05) is 57.9 Å². The maximum Gasteiger partial charge on any atom is 0.262 e. The summed E-state index contributed by atoms with van der Waals surface area (Å²) in [6, 6.07) is 14.0. The second-order valence-corrected chi connectivity index (χ2v) is 10.7. The Hall–Kier alpha value is -3.72. The topological polar surface area (TPSA) is 85.0 Å². The minimum atomic E-state index is -0.0839. The fraction of sp³-hybridized carbons (Fsp3) is 0.467. The molecule has 4 aromatic rings. The molecule has 5 rings (SSSR count). The number of benzene rings is 2. The number of ether oxygens (including phenoxy) is 1. The molecule has 3 heterocycles. The summed E-state index contributed by atoms with van der Waals surface area (Å²) in [5.74, 6) is 1.32. The molecule has 1 saturated heterocycles. The zero-order valence-electron chi connectivity index (χ0n) is 23.4. The second kappa shape index (κ2) is 11.6. The Kier molecular flexibility index (Phi) is 7.97. The highest BCUT2D eigenvalue weighted by atomic mass is 16.5. The second-order valence-electron chi connectivity index (χ2n) is 10.7. The summed E-state index contributed by atoms with van der Waals surface area (Å²) in [5.41, 5.74) is 4.44. The summed E-state index contributed by atoms with van der Waals surface area (Å²) in [7, 11) is 0. The third-order valence-corrected chi connectivity index (χ3v) is 7.45. The number of piperazine rings is 1. The van der Waals surface area contributed by atoms with Crippen LogP contribution in [-0.2, 0) is 22.5 Å². The number of aromatic nitrogens is 4. The zero-order valence-corrected chi connectivity index (χ0v) is 23.4. The normalized spacial score (nSPS) is 14.2. The minimum absolute atomic E-state index is 0.0839. The largest absolute Gasteiger partial charge is 0.379 e. The Morgan fingerprint density at radius 2 is 1.79 bits per heavy atom. The van der Waals surface area contributed by atoms with Crippen LogP contribution < -0.4 is 10.5 Å². The number of anilines is 1. The van der Waals surface area contributed by atoms with Crippen LogP contribution in [0.1, 0.15) is 43.6 Å². The highest BCUT2D eigenvalue weighted by Crippen LogP contribution is 2.23. The lowest BCUT2D eigenvalue weighted by molar-refractivity contribution is -0.131. The summed E-state index contributed by atoms with van der Waals surface area (Å²) in [6.45, 7) is 12.3. The summed E-state index contributed by atoms with van der Waals surface area (Å²) >= 11 is 0. The van der Waals surface area contributed by atoms with Gasteiger partial charge in [-0.05, 0) is 63.4 Å². The highest BCUT2D eigenvalue weighted by molar-refractivity contribution is 5.80. The first-order valence-corrected chi connectivity index (χ1v) is 13.9. The molecule has 0 atom stereocenters. The van der Waals surface area contributed by atoms with Gasteiger partial charge >= 0.3 is 0 Å². The predicted molar refractivity (Wildman–Crippen MR) is 153 cm³/mol. The molecule has 2 aromatic carbocycles. The van der Waals surface area contributed by atoms with E-state index in [-0.39, 0.29) is 17.6 Å². The lowest BCUT2D eigenvalue weighted by Crippen LogP contribution is -2.49. The van der Waals surface area contributed by atoms with Crippen molar-refractivity contribution in [3.8, 4) is 0 Å². The Morgan fingerprint density at radius 3 is 2.56 bits per heavy atom. The van der Waals surface area contributed by atoms with Crippen LogP contribution in [-0.4, -0.2) is 68.9 Å². The lowest BCUT2D eigenvalue weighted by Gasteiger charge is -2.37. The lowest BCUT2D eigenvalue weighted by atomic mass is 10.1. The van der Waals surface area contributed by atoms with E-state index in [2.05, 4.69) is 47.1 Å². The molecule has 1 aliphatic rings. The Bertz CT molecular complexity index is 1530. The van der Waals surface area contributed by atoms with E-state index in [1.54, 1.807) is 4.57 Å². The van der Waals surface area contributed by atoms with E-state index in [0.29, 0.717) is 62.5 Å². The maximum atomic E-state index is 13.3. The number of hydrogen-bond donors (Lipinski definition) is 0. The fourth-order valence-corrected chi connectivity index (χ4v) is 5.35. The van der Waals surface area contributed by atoms with Gasteiger partial charge in [-0.25, -0.2) is 0 Å². The van der Waals surface area contributed by atoms with E-state index in [1.165, 1.54) is 16.8 Å². The Labute approximate surface area is 229 Å². The summed E-state index contributed by atoms with van der Waals surface area (Å²) in [6.07, 6.45) is 1.64. The van der Waals surface area contributed by atoms with Crippen LogP contribution in [0.3, 0.4) is 0 Å². The van der Waals surface area contributed by atoms with Crippen molar-refractivity contribution in [2.24, 2.45) is 0 Å². The number of para-hydroxylation sites is 1. The van der Waals surface area contributed by atoms with E-state index in [4.69, 9.17) is 4.74 Å². The molecule has 39 heavy (non-hydrogen) atoms. The van der Waals surface area contributed by atoms with Gasteiger partial charge in [0.1, 0.15) is 5.82 Å². The number of carbonyl (C=O) groups is 1. The number of carbonyl (C=O) groups excluding carboxylic acids is 1. The number of hydrogen-bond acceptors (Lipinski definition) is 6. The van der Waals surface area contributed by atoms with E-state index < -0.39 is 0 Å². The number of rotatable bonds is 9. The molecule has 0 radical (unpaired) electrons. The molecule has 1 aliphatic heterocycles. The SMILES string of the molecule is Cc1ccc(C)c(N2CCN(C(=O)CCc3nnc4n(CCCOC(C)C)c(=O)c5ccccc5n34)CC2)c1. The summed E-state index contributed by atoms with van der Waals surface area (Å²) < 4.78 is 9.28. The quantitative estimate of drug-likeness (QED) is 0.307. The molecule has 0 unspecified atom stereocenters. The standard InChI is InChI=1S/C30H38N6O3/c1-21(2)39-19-7-14-35-29(38)24-8-5-6-9-25(24)36-27(31-32-30(35)36)12-13-28(37)34-17-15-33(16-18-34)26-20-22(3)10-11-23(26)4/h5-6,8-11,20-21H,7,12-19H2,1-4H3. The van der Waals surface area contributed by atoms with Gasteiger partial charge < -0.3 is 14.5 Å². The highest BCUT2D eigenvalue weighted by Gasteiger charge is 2.23. The molecule has 1 amide bonds. The van der Waals surface area contributed by atoms with E-state index >= 15 is 0 Å². The molecule has 0 N–H and O–H groups in total. The van der Waals surface area contributed by atoms with E-state index in [9.17, 15) is 9.59 Å². The molecule has 1 fully saturated rings. The van der Waals surface area contributed by atoms with Crippen LogP contribution in [0.25, 0.3) is 16.7 Å². The van der Waals surface area contributed by atoms with Gasteiger partial charge in [-0.3, -0.25) is 18.6 Å². The van der Waals surface area contributed by atoms with Crippen molar-refractivity contribution in [3.63, 3.8) is 0 Å². The molecule has 9 heteroatoms. The molecule has 0 saturated carbocycles. The molecule has 0 bridgehead atoms. The van der Waals surface area contributed by atoms with Crippen molar-refractivity contribution < 1.29 is 9.53 Å². The van der Waals surface area contributed by atoms with Crippen molar-refractivity contribution in [1.29, 1.82) is 0 Å². The Morgan fingerprint density at radius 1 is 1.03 bits per heavy atom. The average molecular weight is 531 g/mol. The van der Waals surface area contributed by atoms with Crippen molar-refractivity contribution in [3.05, 3.63) is 69.8 Å². The number of fused-ring (bicyclic) bond motifs is 3. The zero-order chi connectivity index (χ0) is 27.5. The van der Waals surface area contributed by atoms with Gasteiger partial charge in [0.25, 0.3) is 5.56 Å². The first kappa shape index (κ1) is 26.9. The third-order valence-electron chi connectivity index (χ3n) is 7.45. The summed E-state index contributed by atoms with van der Waals surface area (Å²) in [5, 5.41) is 9.45. The molecule has 206 valence electrons. The summed E-state index contributed by atoms with van der Waals surface area (Å²) in [4.78, 5) is 30.8. The van der Waals surface area contributed by atoms with Crippen molar-refractivity contribution >= 4 is 28.3 Å². The van der Waals surface area contributed by atoms with Crippen molar-refractivity contribution in [2.75, 3.05) is 37.7 Å². The maximum absolute atomic E-state index is 13.3. The molecular formula is C30H38N6O3. The van der Waals surface area contributed by atoms with E-state index in [0.717, 1.165) is 18.6 Å². The average Bonchev–Trinajstić information content (AvgIpc) is 3.36. The first-order valence-electron chi connectivity index (χ1n) is 13.9. The number of nitrogens with zero attached hydrogens (tertiary/aromatic N) is 6. The minimum Gasteiger partial charge on any atom is -0.379 e. The Balaban J connectivity index is 1.30. The third kappa shape index (κ3) is 5.68. The van der Waals surface area contributed by atoms with Gasteiger partial charge in [-0.2, -0.15) is 0 Å². The van der Waals surface area contributed by atoms with E-state index in [1.807, 2.05) is 47.4 Å². The van der Waals surface area contributed by atoms with Crippen molar-refractivity contribution in [1.82, 2.24) is 24.1 Å². The number of aryl methyl sites for hydroxylation is 4. The van der Waals surface area contributed by atoms with Crippen molar-refractivity contribution in [2.45, 2.75) is 59.6 Å².